The van der Waals surface area contributed by atoms with Crippen LogP contribution in [0.3, 0.4) is 0 Å². The Labute approximate surface area is 310 Å². The molecule has 0 spiro atoms. The normalized spacial score (nSPS) is 12.9. The largest absolute Gasteiger partial charge is 0.310 e. The van der Waals surface area contributed by atoms with E-state index in [4.69, 9.17) is 0 Å². The molecule has 252 valence electrons. The monoisotopic (exact) mass is 679 g/mol. The Morgan fingerprint density at radius 2 is 1.13 bits per heavy atom. The van der Waals surface area contributed by atoms with Crippen molar-refractivity contribution in [1.29, 1.82) is 0 Å². The molecule has 0 atom stereocenters. The number of anilines is 3. The van der Waals surface area contributed by atoms with Gasteiger partial charge in [-0.25, -0.2) is 0 Å². The minimum absolute atomic E-state index is 0.0999. The van der Waals surface area contributed by atoms with Crippen molar-refractivity contribution < 1.29 is 0 Å². The Balaban J connectivity index is 1.09. The van der Waals surface area contributed by atoms with Gasteiger partial charge in [-0.15, -0.1) is 0 Å². The van der Waals surface area contributed by atoms with Crippen molar-refractivity contribution in [1.82, 2.24) is 9.55 Å². The molecule has 0 N–H and O–H groups in total. The second-order valence-corrected chi connectivity index (χ2v) is 14.5. The summed E-state index contributed by atoms with van der Waals surface area (Å²) in [6.45, 7) is 4.69. The first-order valence-corrected chi connectivity index (χ1v) is 18.3. The van der Waals surface area contributed by atoms with Crippen LogP contribution in [-0.2, 0) is 5.41 Å². The molecule has 0 bridgehead atoms. The molecule has 7 aromatic carbocycles. The Morgan fingerprint density at radius 1 is 0.453 bits per heavy atom. The van der Waals surface area contributed by atoms with Crippen LogP contribution in [0.2, 0.25) is 0 Å². The molecule has 2 aromatic heterocycles. The SMILES string of the molecule is CC1(C)c2ccccc2-c2ccc(N(c3ccc(-c4ccc5c(c4)c4ccccc4n5-c4ccccc4)cc3)c3cccc(-c4cccnc4)c3)cc21. The highest BCUT2D eigenvalue weighted by atomic mass is 15.1. The minimum atomic E-state index is -0.0999. The number of benzene rings is 7. The number of nitrogens with zero attached hydrogens (tertiary/aromatic N) is 3. The summed E-state index contributed by atoms with van der Waals surface area (Å²) in [7, 11) is 0. The topological polar surface area (TPSA) is 21.1 Å². The van der Waals surface area contributed by atoms with Crippen LogP contribution in [0, 0.1) is 0 Å². The molecule has 3 nitrogen and oxygen atoms in total. The lowest BCUT2D eigenvalue weighted by Gasteiger charge is -2.28. The maximum absolute atomic E-state index is 4.40. The lowest BCUT2D eigenvalue weighted by molar-refractivity contribution is 0.660. The predicted molar refractivity (Wildman–Crippen MR) is 222 cm³/mol. The first kappa shape index (κ1) is 31.1. The van der Waals surface area contributed by atoms with Crippen LogP contribution in [0.25, 0.3) is 60.9 Å². The molecule has 0 radical (unpaired) electrons. The van der Waals surface area contributed by atoms with E-state index in [0.717, 1.165) is 28.2 Å². The number of hydrogen-bond acceptors (Lipinski definition) is 2. The molecule has 1 aliphatic carbocycles. The molecule has 2 heterocycles. The van der Waals surface area contributed by atoms with Crippen molar-refractivity contribution in [2.75, 3.05) is 4.90 Å². The smallest absolute Gasteiger partial charge is 0.0541 e. The van der Waals surface area contributed by atoms with E-state index in [2.05, 4.69) is 198 Å². The van der Waals surface area contributed by atoms with Gasteiger partial charge in [-0.05, 0) is 112 Å². The van der Waals surface area contributed by atoms with E-state index in [1.807, 2.05) is 18.5 Å². The second kappa shape index (κ2) is 12.2. The van der Waals surface area contributed by atoms with E-state index in [-0.39, 0.29) is 5.41 Å². The lowest BCUT2D eigenvalue weighted by Crippen LogP contribution is -2.16. The first-order valence-electron chi connectivity index (χ1n) is 18.3. The third-order valence-corrected chi connectivity index (χ3v) is 11.1. The van der Waals surface area contributed by atoms with Gasteiger partial charge < -0.3 is 9.47 Å². The van der Waals surface area contributed by atoms with Crippen LogP contribution in [0.5, 0.6) is 0 Å². The molecule has 10 rings (SSSR count). The Bertz CT molecular complexity index is 2790. The van der Waals surface area contributed by atoms with Crippen molar-refractivity contribution >= 4 is 38.9 Å². The number of fused-ring (bicyclic) bond motifs is 6. The zero-order valence-corrected chi connectivity index (χ0v) is 29.7. The van der Waals surface area contributed by atoms with Crippen molar-refractivity contribution in [3.8, 4) is 39.1 Å². The minimum Gasteiger partial charge on any atom is -0.310 e. The van der Waals surface area contributed by atoms with Gasteiger partial charge in [-0.2, -0.15) is 0 Å². The third-order valence-electron chi connectivity index (χ3n) is 11.1. The lowest BCUT2D eigenvalue weighted by atomic mass is 9.82. The average Bonchev–Trinajstić information content (AvgIpc) is 3.67. The standard InChI is InChI=1S/C50H37N3/c1-50(2)46-19-8-6-17-42(46)43-27-26-41(32-47(43)50)52(40-16-10-12-35(30-40)37-13-11-29-51-33-37)39-24-21-34(22-25-39)36-23-28-49-45(31-36)44-18-7-9-20-48(44)53(49)38-14-4-3-5-15-38/h3-33H,1-2H3. The predicted octanol–water partition coefficient (Wildman–Crippen LogP) is 13.3. The maximum atomic E-state index is 4.40. The summed E-state index contributed by atoms with van der Waals surface area (Å²) in [5.74, 6) is 0. The van der Waals surface area contributed by atoms with E-state index in [1.165, 1.54) is 60.9 Å². The van der Waals surface area contributed by atoms with Crippen molar-refractivity contribution in [2.24, 2.45) is 0 Å². The first-order chi connectivity index (χ1) is 26.0. The van der Waals surface area contributed by atoms with Crippen molar-refractivity contribution in [2.45, 2.75) is 19.3 Å². The van der Waals surface area contributed by atoms with E-state index >= 15 is 0 Å². The molecule has 1 aliphatic rings. The molecule has 0 saturated carbocycles. The molecule has 9 aromatic rings. The molecule has 0 fully saturated rings. The zero-order chi connectivity index (χ0) is 35.5. The fourth-order valence-electron chi connectivity index (χ4n) is 8.45. The Kier molecular flexibility index (Phi) is 7.16. The average molecular weight is 680 g/mol. The van der Waals surface area contributed by atoms with E-state index < -0.39 is 0 Å². The number of aromatic nitrogens is 2. The molecular formula is C50H37N3. The van der Waals surface area contributed by atoms with E-state index in [9.17, 15) is 0 Å². The van der Waals surface area contributed by atoms with Gasteiger partial charge in [0.1, 0.15) is 0 Å². The van der Waals surface area contributed by atoms with Crippen LogP contribution in [0.4, 0.5) is 17.1 Å². The Hall–Kier alpha value is -6.71. The van der Waals surface area contributed by atoms with Crippen LogP contribution in [0.1, 0.15) is 25.0 Å². The van der Waals surface area contributed by atoms with E-state index in [1.54, 1.807) is 0 Å². The molecule has 3 heteroatoms. The summed E-state index contributed by atoms with van der Waals surface area (Å²) in [4.78, 5) is 6.79. The highest BCUT2D eigenvalue weighted by molar-refractivity contribution is 6.10. The number of hydrogen-bond donors (Lipinski definition) is 0. The van der Waals surface area contributed by atoms with Crippen LogP contribution >= 0.6 is 0 Å². The van der Waals surface area contributed by atoms with Gasteiger partial charge in [0.2, 0.25) is 0 Å². The quantitative estimate of drug-likeness (QED) is 0.174. The highest BCUT2D eigenvalue weighted by Crippen LogP contribution is 2.50. The Morgan fingerprint density at radius 3 is 1.98 bits per heavy atom. The molecule has 0 saturated heterocycles. The fourth-order valence-corrected chi connectivity index (χ4v) is 8.45. The van der Waals surface area contributed by atoms with Crippen LogP contribution < -0.4 is 4.90 Å². The zero-order valence-electron chi connectivity index (χ0n) is 29.7. The van der Waals surface area contributed by atoms with Crippen LogP contribution in [-0.4, -0.2) is 9.55 Å². The summed E-state index contributed by atoms with van der Waals surface area (Å²) in [5, 5.41) is 2.51. The van der Waals surface area contributed by atoms with Crippen LogP contribution in [0.15, 0.2) is 188 Å². The number of pyridine rings is 1. The van der Waals surface area contributed by atoms with Gasteiger partial charge in [-0.3, -0.25) is 4.98 Å². The van der Waals surface area contributed by atoms with Gasteiger partial charge >= 0.3 is 0 Å². The highest BCUT2D eigenvalue weighted by Gasteiger charge is 2.35. The molecule has 0 aliphatic heterocycles. The number of rotatable bonds is 6. The second-order valence-electron chi connectivity index (χ2n) is 14.5. The summed E-state index contributed by atoms with van der Waals surface area (Å²) >= 11 is 0. The molecular weight excluding hydrogens is 643 g/mol. The summed E-state index contributed by atoms with van der Waals surface area (Å²) < 4.78 is 2.37. The third kappa shape index (κ3) is 5.08. The van der Waals surface area contributed by atoms with Crippen molar-refractivity contribution in [3.05, 3.63) is 199 Å². The van der Waals surface area contributed by atoms with Gasteiger partial charge in [0.15, 0.2) is 0 Å². The number of para-hydroxylation sites is 2. The maximum Gasteiger partial charge on any atom is 0.0541 e. The summed E-state index contributed by atoms with van der Waals surface area (Å²) in [5.41, 5.74) is 16.8. The summed E-state index contributed by atoms with van der Waals surface area (Å²) in [6.07, 6.45) is 3.76. The molecule has 0 unspecified atom stereocenters. The van der Waals surface area contributed by atoms with E-state index in [0.29, 0.717) is 0 Å². The summed E-state index contributed by atoms with van der Waals surface area (Å²) in [6, 6.07) is 64.0. The van der Waals surface area contributed by atoms with Gasteiger partial charge in [0, 0.05) is 56.9 Å². The van der Waals surface area contributed by atoms with Gasteiger partial charge in [0.25, 0.3) is 0 Å². The molecule has 53 heavy (non-hydrogen) atoms. The van der Waals surface area contributed by atoms with Gasteiger partial charge in [-0.1, -0.05) is 117 Å². The molecule has 0 amide bonds. The van der Waals surface area contributed by atoms with Gasteiger partial charge in [0.05, 0.1) is 11.0 Å². The van der Waals surface area contributed by atoms with Crippen molar-refractivity contribution in [3.63, 3.8) is 0 Å². The fraction of sp³-hybridized carbons (Fsp3) is 0.0600.